The van der Waals surface area contributed by atoms with Crippen molar-refractivity contribution in [1.82, 2.24) is 0 Å². The van der Waals surface area contributed by atoms with Gasteiger partial charge in [0.1, 0.15) is 0 Å². The number of hydrogen-bond donors (Lipinski definition) is 0. The van der Waals surface area contributed by atoms with E-state index in [4.69, 9.17) is 0 Å². The molecule has 1 aromatic heterocycles. The Bertz CT molecular complexity index is 321. The average molecular weight is 236 g/mol. The van der Waals surface area contributed by atoms with Crippen molar-refractivity contribution in [2.45, 2.75) is 45.4 Å². The summed E-state index contributed by atoms with van der Waals surface area (Å²) in [4.78, 5) is 12.1. The van der Waals surface area contributed by atoms with Gasteiger partial charge in [0.2, 0.25) is 0 Å². The number of carbonyl (C=O) groups excluding carboxylic acids is 1. The second kappa shape index (κ2) is 5.62. The highest BCUT2D eigenvalue weighted by Crippen LogP contribution is 2.33. The molecule has 2 rings (SSSR count). The SMILES string of the molecule is CCCC1CCC(C(=O)c2ccsc2)CC1. The van der Waals surface area contributed by atoms with E-state index in [0.29, 0.717) is 11.7 Å². The van der Waals surface area contributed by atoms with Crippen LogP contribution in [0.4, 0.5) is 0 Å². The average Bonchev–Trinajstić information content (AvgIpc) is 2.83. The molecular weight excluding hydrogens is 216 g/mol. The molecule has 1 aliphatic carbocycles. The zero-order valence-corrected chi connectivity index (χ0v) is 10.8. The van der Waals surface area contributed by atoms with Crippen molar-refractivity contribution < 1.29 is 4.79 Å². The molecule has 1 nitrogen and oxygen atoms in total. The van der Waals surface area contributed by atoms with Crippen LogP contribution in [0.2, 0.25) is 0 Å². The molecule has 0 spiro atoms. The van der Waals surface area contributed by atoms with Crippen LogP contribution in [-0.4, -0.2) is 5.78 Å². The number of thiophene rings is 1. The minimum Gasteiger partial charge on any atom is -0.294 e. The van der Waals surface area contributed by atoms with Gasteiger partial charge >= 0.3 is 0 Å². The number of rotatable bonds is 4. The van der Waals surface area contributed by atoms with Crippen LogP contribution in [0, 0.1) is 11.8 Å². The van der Waals surface area contributed by atoms with Crippen LogP contribution in [-0.2, 0) is 0 Å². The van der Waals surface area contributed by atoms with Crippen molar-refractivity contribution in [3.8, 4) is 0 Å². The highest BCUT2D eigenvalue weighted by atomic mass is 32.1. The summed E-state index contributed by atoms with van der Waals surface area (Å²) in [5.41, 5.74) is 0.934. The second-order valence-corrected chi connectivity index (χ2v) is 5.66. The molecule has 2 heteroatoms. The summed E-state index contributed by atoms with van der Waals surface area (Å²) >= 11 is 1.62. The molecular formula is C14H20OS. The lowest BCUT2D eigenvalue weighted by Gasteiger charge is -2.27. The normalized spacial score (nSPS) is 25.6. The van der Waals surface area contributed by atoms with Crippen molar-refractivity contribution >= 4 is 17.1 Å². The van der Waals surface area contributed by atoms with Crippen molar-refractivity contribution in [2.75, 3.05) is 0 Å². The predicted molar refractivity (Wildman–Crippen MR) is 69.0 cm³/mol. The van der Waals surface area contributed by atoms with Crippen molar-refractivity contribution in [2.24, 2.45) is 11.8 Å². The molecule has 88 valence electrons. The standard InChI is InChI=1S/C14H20OS/c1-2-3-11-4-6-12(7-5-11)14(15)13-8-9-16-10-13/h8-12H,2-7H2,1H3. The number of ketones is 1. The van der Waals surface area contributed by atoms with Crippen molar-refractivity contribution in [3.05, 3.63) is 22.4 Å². The number of carbonyl (C=O) groups is 1. The van der Waals surface area contributed by atoms with E-state index < -0.39 is 0 Å². The van der Waals surface area contributed by atoms with Crippen molar-refractivity contribution in [1.29, 1.82) is 0 Å². The third kappa shape index (κ3) is 2.73. The summed E-state index contributed by atoms with van der Waals surface area (Å²) < 4.78 is 0. The Morgan fingerprint density at radius 3 is 2.69 bits per heavy atom. The maximum absolute atomic E-state index is 12.1. The lowest BCUT2D eigenvalue weighted by Crippen LogP contribution is -2.21. The zero-order valence-electron chi connectivity index (χ0n) is 9.95. The van der Waals surface area contributed by atoms with Gasteiger partial charge in [0.15, 0.2) is 5.78 Å². The molecule has 16 heavy (non-hydrogen) atoms. The fourth-order valence-corrected chi connectivity index (χ4v) is 3.41. The van der Waals surface area contributed by atoms with E-state index >= 15 is 0 Å². The highest BCUT2D eigenvalue weighted by Gasteiger charge is 2.26. The van der Waals surface area contributed by atoms with Gasteiger partial charge < -0.3 is 0 Å². The minimum atomic E-state index is 0.308. The Labute approximate surface area is 102 Å². The van der Waals surface area contributed by atoms with Gasteiger partial charge in [-0.05, 0) is 43.0 Å². The maximum Gasteiger partial charge on any atom is 0.166 e. The third-order valence-electron chi connectivity index (χ3n) is 3.72. The monoisotopic (exact) mass is 236 g/mol. The first kappa shape index (κ1) is 11.8. The lowest BCUT2D eigenvalue weighted by molar-refractivity contribution is 0.0870. The van der Waals surface area contributed by atoms with E-state index in [1.807, 2.05) is 16.8 Å². The van der Waals surface area contributed by atoms with Crippen LogP contribution in [0.1, 0.15) is 55.8 Å². The van der Waals surface area contributed by atoms with E-state index in [0.717, 1.165) is 24.3 Å². The summed E-state index contributed by atoms with van der Waals surface area (Å²) in [6.07, 6.45) is 7.37. The van der Waals surface area contributed by atoms with Crippen LogP contribution in [0.15, 0.2) is 16.8 Å². The molecule has 0 aromatic carbocycles. The minimum absolute atomic E-state index is 0.308. The molecule has 0 radical (unpaired) electrons. The van der Waals surface area contributed by atoms with Crippen LogP contribution < -0.4 is 0 Å². The largest absolute Gasteiger partial charge is 0.294 e. The van der Waals surface area contributed by atoms with E-state index in [9.17, 15) is 4.79 Å². The fourth-order valence-electron chi connectivity index (χ4n) is 2.76. The Balaban J connectivity index is 1.87. The molecule has 1 aliphatic rings. The maximum atomic E-state index is 12.1. The first-order valence-corrected chi connectivity index (χ1v) is 7.32. The first-order chi connectivity index (χ1) is 7.81. The Morgan fingerprint density at radius 1 is 1.38 bits per heavy atom. The first-order valence-electron chi connectivity index (χ1n) is 6.37. The number of hydrogen-bond acceptors (Lipinski definition) is 2. The van der Waals surface area contributed by atoms with Gasteiger partial charge in [0.25, 0.3) is 0 Å². The van der Waals surface area contributed by atoms with Gasteiger partial charge in [-0.2, -0.15) is 11.3 Å². The zero-order chi connectivity index (χ0) is 11.4. The molecule has 1 saturated carbocycles. The van der Waals surface area contributed by atoms with Gasteiger partial charge in [-0.25, -0.2) is 0 Å². The molecule has 0 atom stereocenters. The molecule has 0 bridgehead atoms. The van der Waals surface area contributed by atoms with E-state index in [1.54, 1.807) is 11.3 Å². The van der Waals surface area contributed by atoms with E-state index in [-0.39, 0.29) is 0 Å². The lowest BCUT2D eigenvalue weighted by atomic mass is 9.77. The molecule has 0 N–H and O–H groups in total. The summed E-state index contributed by atoms with van der Waals surface area (Å²) in [5, 5.41) is 3.98. The topological polar surface area (TPSA) is 17.1 Å². The summed E-state index contributed by atoms with van der Waals surface area (Å²) in [7, 11) is 0. The van der Waals surface area contributed by atoms with Gasteiger partial charge in [0.05, 0.1) is 0 Å². The van der Waals surface area contributed by atoms with Gasteiger partial charge in [-0.15, -0.1) is 0 Å². The van der Waals surface area contributed by atoms with Crippen molar-refractivity contribution in [3.63, 3.8) is 0 Å². The molecule has 0 aliphatic heterocycles. The van der Waals surface area contributed by atoms with E-state index in [2.05, 4.69) is 6.92 Å². The van der Waals surface area contributed by atoms with Crippen LogP contribution in [0.5, 0.6) is 0 Å². The molecule has 1 aromatic rings. The van der Waals surface area contributed by atoms with Crippen LogP contribution in [0.25, 0.3) is 0 Å². The molecule has 1 fully saturated rings. The smallest absolute Gasteiger partial charge is 0.166 e. The molecule has 0 saturated heterocycles. The third-order valence-corrected chi connectivity index (χ3v) is 4.40. The summed E-state index contributed by atoms with van der Waals surface area (Å²) in [5.74, 6) is 1.58. The number of Topliss-reactive ketones (excluding diaryl/α,β-unsaturated/α-hetero) is 1. The molecule has 0 amide bonds. The Morgan fingerprint density at radius 2 is 2.12 bits per heavy atom. The molecule has 1 heterocycles. The quantitative estimate of drug-likeness (QED) is 0.702. The predicted octanol–water partition coefficient (Wildman–Crippen LogP) is 4.54. The fraction of sp³-hybridized carbons (Fsp3) is 0.643. The van der Waals surface area contributed by atoms with Crippen LogP contribution >= 0.6 is 11.3 Å². The van der Waals surface area contributed by atoms with Gasteiger partial charge in [-0.3, -0.25) is 4.79 Å². The Hall–Kier alpha value is -0.630. The Kier molecular flexibility index (Phi) is 4.16. The summed E-state index contributed by atoms with van der Waals surface area (Å²) in [6, 6.07) is 1.96. The van der Waals surface area contributed by atoms with Crippen LogP contribution in [0.3, 0.4) is 0 Å². The molecule has 0 unspecified atom stereocenters. The van der Waals surface area contributed by atoms with E-state index in [1.165, 1.54) is 25.7 Å². The van der Waals surface area contributed by atoms with Gasteiger partial charge in [0, 0.05) is 16.9 Å². The summed E-state index contributed by atoms with van der Waals surface area (Å²) in [6.45, 7) is 2.25. The highest BCUT2D eigenvalue weighted by molar-refractivity contribution is 7.08. The van der Waals surface area contributed by atoms with Gasteiger partial charge in [-0.1, -0.05) is 19.8 Å². The second-order valence-electron chi connectivity index (χ2n) is 4.88.